The molecule has 0 saturated heterocycles. The molecule has 0 saturated carbocycles. The highest BCUT2D eigenvalue weighted by atomic mass is 19.1. The lowest BCUT2D eigenvalue weighted by atomic mass is 9.96. The maximum absolute atomic E-state index is 13.7. The number of carbonyl (C=O) groups excluding carboxylic acids is 1. The van der Waals surface area contributed by atoms with Crippen molar-refractivity contribution in [3.8, 4) is 0 Å². The van der Waals surface area contributed by atoms with Gasteiger partial charge in [0.1, 0.15) is 11.6 Å². The van der Waals surface area contributed by atoms with Crippen LogP contribution in [0.2, 0.25) is 0 Å². The fourth-order valence-electron chi connectivity index (χ4n) is 1.87. The topological polar surface area (TPSA) is 43.1 Å². The first-order chi connectivity index (χ1) is 8.90. The second kappa shape index (κ2) is 4.80. The van der Waals surface area contributed by atoms with Gasteiger partial charge in [-0.3, -0.25) is 4.79 Å². The number of aryl methyl sites for hydroxylation is 2. The summed E-state index contributed by atoms with van der Waals surface area (Å²) < 4.78 is 26.8. The Morgan fingerprint density at radius 2 is 1.68 bits per heavy atom. The summed E-state index contributed by atoms with van der Waals surface area (Å²) in [5.41, 5.74) is 6.94. The Balaban J connectivity index is 2.56. The second-order valence-corrected chi connectivity index (χ2v) is 4.50. The van der Waals surface area contributed by atoms with Crippen LogP contribution in [0.1, 0.15) is 27.0 Å². The minimum absolute atomic E-state index is 0.215. The van der Waals surface area contributed by atoms with E-state index >= 15 is 0 Å². The zero-order valence-electron chi connectivity index (χ0n) is 10.6. The van der Waals surface area contributed by atoms with Crippen LogP contribution in [-0.2, 0) is 0 Å². The van der Waals surface area contributed by atoms with E-state index in [4.69, 9.17) is 5.73 Å². The molecule has 0 aromatic heterocycles. The number of nitrogen functional groups attached to an aromatic ring is 1. The van der Waals surface area contributed by atoms with Crippen LogP contribution in [0.15, 0.2) is 30.3 Å². The third-order valence-electron chi connectivity index (χ3n) is 2.97. The molecule has 0 amide bonds. The summed E-state index contributed by atoms with van der Waals surface area (Å²) in [5, 5.41) is 0. The Morgan fingerprint density at radius 3 is 2.37 bits per heavy atom. The average Bonchev–Trinajstić information content (AvgIpc) is 2.36. The van der Waals surface area contributed by atoms with E-state index in [-0.39, 0.29) is 11.3 Å². The summed E-state index contributed by atoms with van der Waals surface area (Å²) in [6.45, 7) is 3.60. The highest BCUT2D eigenvalue weighted by molar-refractivity contribution is 6.10. The van der Waals surface area contributed by atoms with Gasteiger partial charge in [-0.15, -0.1) is 0 Å². The molecule has 0 heterocycles. The minimum Gasteiger partial charge on any atom is -0.396 e. The van der Waals surface area contributed by atoms with Gasteiger partial charge in [0, 0.05) is 11.6 Å². The second-order valence-electron chi connectivity index (χ2n) is 4.50. The molecule has 2 rings (SSSR count). The van der Waals surface area contributed by atoms with Crippen LogP contribution in [0.25, 0.3) is 0 Å². The SMILES string of the molecule is Cc1ccc(C)c(C(=O)c2cc(N)c(F)cc2F)c1. The Labute approximate surface area is 109 Å². The first kappa shape index (κ1) is 13.2. The van der Waals surface area contributed by atoms with Gasteiger partial charge < -0.3 is 5.73 Å². The molecule has 0 atom stereocenters. The number of hydrogen-bond acceptors (Lipinski definition) is 2. The monoisotopic (exact) mass is 261 g/mol. The summed E-state index contributed by atoms with van der Waals surface area (Å²) in [5.74, 6) is -2.27. The zero-order valence-corrected chi connectivity index (χ0v) is 10.6. The van der Waals surface area contributed by atoms with Crippen LogP contribution in [0.5, 0.6) is 0 Å². The molecule has 4 heteroatoms. The lowest BCUT2D eigenvalue weighted by Gasteiger charge is -2.08. The summed E-state index contributed by atoms with van der Waals surface area (Å²) in [4.78, 5) is 12.3. The fraction of sp³-hybridized carbons (Fsp3) is 0.133. The van der Waals surface area contributed by atoms with Crippen molar-refractivity contribution in [1.29, 1.82) is 0 Å². The maximum atomic E-state index is 13.7. The largest absolute Gasteiger partial charge is 0.396 e. The first-order valence-corrected chi connectivity index (χ1v) is 5.76. The van der Waals surface area contributed by atoms with Crippen molar-refractivity contribution in [2.24, 2.45) is 0 Å². The lowest BCUT2D eigenvalue weighted by molar-refractivity contribution is 0.103. The van der Waals surface area contributed by atoms with E-state index in [0.717, 1.165) is 17.2 Å². The van der Waals surface area contributed by atoms with Gasteiger partial charge in [-0.25, -0.2) is 8.78 Å². The third kappa shape index (κ3) is 2.47. The van der Waals surface area contributed by atoms with E-state index < -0.39 is 17.4 Å². The minimum atomic E-state index is -0.905. The number of anilines is 1. The van der Waals surface area contributed by atoms with E-state index in [1.54, 1.807) is 19.1 Å². The van der Waals surface area contributed by atoms with Gasteiger partial charge in [-0.05, 0) is 31.5 Å². The van der Waals surface area contributed by atoms with Crippen LogP contribution in [0.4, 0.5) is 14.5 Å². The van der Waals surface area contributed by atoms with Gasteiger partial charge in [-0.1, -0.05) is 17.7 Å². The average molecular weight is 261 g/mol. The number of hydrogen-bond donors (Lipinski definition) is 1. The Hall–Kier alpha value is -2.23. The van der Waals surface area contributed by atoms with Gasteiger partial charge in [0.15, 0.2) is 5.78 Å². The van der Waals surface area contributed by atoms with E-state index in [1.165, 1.54) is 0 Å². The summed E-state index contributed by atoms with van der Waals surface area (Å²) in [7, 11) is 0. The van der Waals surface area contributed by atoms with Gasteiger partial charge in [0.2, 0.25) is 0 Å². The Bertz CT molecular complexity index is 665. The molecule has 19 heavy (non-hydrogen) atoms. The summed E-state index contributed by atoms with van der Waals surface area (Å²) in [6.07, 6.45) is 0. The van der Waals surface area contributed by atoms with Gasteiger partial charge in [-0.2, -0.15) is 0 Å². The molecule has 0 unspecified atom stereocenters. The molecule has 0 radical (unpaired) electrons. The van der Waals surface area contributed by atoms with E-state index in [2.05, 4.69) is 0 Å². The number of ketones is 1. The number of benzene rings is 2. The summed E-state index contributed by atoms with van der Waals surface area (Å²) >= 11 is 0. The molecule has 98 valence electrons. The molecule has 0 bridgehead atoms. The number of nitrogens with two attached hydrogens (primary N) is 1. The molecule has 0 aliphatic rings. The highest BCUT2D eigenvalue weighted by Gasteiger charge is 2.18. The van der Waals surface area contributed by atoms with Crippen molar-refractivity contribution in [2.75, 3.05) is 5.73 Å². The van der Waals surface area contributed by atoms with Gasteiger partial charge in [0.05, 0.1) is 11.3 Å². The standard InChI is InChI=1S/C15H13F2NO/c1-8-3-4-9(2)10(5-8)15(19)11-6-14(18)13(17)7-12(11)16/h3-7H,18H2,1-2H3. The molecule has 2 aromatic carbocycles. The van der Waals surface area contributed by atoms with Crippen molar-refractivity contribution < 1.29 is 13.6 Å². The number of halogens is 2. The molecular formula is C15H13F2NO. The maximum Gasteiger partial charge on any atom is 0.196 e. The molecule has 0 fully saturated rings. The van der Waals surface area contributed by atoms with Crippen LogP contribution >= 0.6 is 0 Å². The van der Waals surface area contributed by atoms with Crippen molar-refractivity contribution in [3.05, 3.63) is 64.2 Å². The van der Waals surface area contributed by atoms with Crippen LogP contribution < -0.4 is 5.73 Å². The number of carbonyl (C=O) groups is 1. The Kier molecular flexibility index (Phi) is 3.34. The van der Waals surface area contributed by atoms with E-state index in [1.807, 2.05) is 13.0 Å². The van der Waals surface area contributed by atoms with E-state index in [0.29, 0.717) is 11.6 Å². The normalized spacial score (nSPS) is 10.5. The van der Waals surface area contributed by atoms with Crippen molar-refractivity contribution in [2.45, 2.75) is 13.8 Å². The van der Waals surface area contributed by atoms with Gasteiger partial charge in [0.25, 0.3) is 0 Å². The lowest BCUT2D eigenvalue weighted by Crippen LogP contribution is -2.08. The number of rotatable bonds is 2. The molecular weight excluding hydrogens is 248 g/mol. The molecule has 0 spiro atoms. The van der Waals surface area contributed by atoms with Gasteiger partial charge >= 0.3 is 0 Å². The summed E-state index contributed by atoms with van der Waals surface area (Å²) in [6, 6.07) is 6.99. The fourth-order valence-corrected chi connectivity index (χ4v) is 1.87. The highest BCUT2D eigenvalue weighted by Crippen LogP contribution is 2.22. The molecule has 2 aromatic rings. The van der Waals surface area contributed by atoms with Crippen molar-refractivity contribution in [3.63, 3.8) is 0 Å². The first-order valence-electron chi connectivity index (χ1n) is 5.76. The van der Waals surface area contributed by atoms with Crippen LogP contribution in [-0.4, -0.2) is 5.78 Å². The van der Waals surface area contributed by atoms with Crippen LogP contribution in [0, 0.1) is 25.5 Å². The van der Waals surface area contributed by atoms with Crippen molar-refractivity contribution >= 4 is 11.5 Å². The molecule has 0 aliphatic carbocycles. The third-order valence-corrected chi connectivity index (χ3v) is 2.97. The molecule has 2 nitrogen and oxygen atoms in total. The van der Waals surface area contributed by atoms with Crippen LogP contribution in [0.3, 0.4) is 0 Å². The van der Waals surface area contributed by atoms with E-state index in [9.17, 15) is 13.6 Å². The molecule has 2 N–H and O–H groups in total. The molecule has 0 aliphatic heterocycles. The smallest absolute Gasteiger partial charge is 0.196 e. The quantitative estimate of drug-likeness (QED) is 0.665. The van der Waals surface area contributed by atoms with Crippen molar-refractivity contribution in [1.82, 2.24) is 0 Å². The predicted octanol–water partition coefficient (Wildman–Crippen LogP) is 3.39. The predicted molar refractivity (Wildman–Crippen MR) is 70.1 cm³/mol. The Morgan fingerprint density at radius 1 is 1.00 bits per heavy atom. The zero-order chi connectivity index (χ0) is 14.2.